The van der Waals surface area contributed by atoms with Crippen LogP contribution in [-0.2, 0) is 10.2 Å². The Bertz CT molecular complexity index is 1130. The van der Waals surface area contributed by atoms with Crippen LogP contribution in [0, 0.1) is 6.92 Å². The number of anilines is 1. The van der Waals surface area contributed by atoms with E-state index in [0.29, 0.717) is 16.9 Å². The second kappa shape index (κ2) is 5.72. The van der Waals surface area contributed by atoms with E-state index in [1.807, 2.05) is 40.7 Å². The number of carbonyl (C=O) groups is 3. The van der Waals surface area contributed by atoms with Crippen LogP contribution in [0.4, 0.5) is 5.69 Å². The Morgan fingerprint density at radius 3 is 2.27 bits per heavy atom. The lowest BCUT2D eigenvalue weighted by Crippen LogP contribution is -2.48. The highest BCUT2D eigenvalue weighted by Gasteiger charge is 2.52. The first-order valence-electron chi connectivity index (χ1n) is 10.2. The fraction of sp³-hybridized carbons (Fsp3) is 0.375. The van der Waals surface area contributed by atoms with Crippen molar-refractivity contribution in [1.82, 2.24) is 4.90 Å². The summed E-state index contributed by atoms with van der Waals surface area (Å²) in [6, 6.07) is 8.94. The number of fused-ring (bicyclic) bond motifs is 4. The fourth-order valence-electron chi connectivity index (χ4n) is 4.91. The Labute approximate surface area is 175 Å². The van der Waals surface area contributed by atoms with E-state index in [2.05, 4.69) is 5.32 Å². The van der Waals surface area contributed by atoms with Gasteiger partial charge in [0.15, 0.2) is 0 Å². The lowest BCUT2D eigenvalue weighted by atomic mass is 9.81. The number of ether oxygens (including phenoxy) is 1. The molecule has 2 atom stereocenters. The lowest BCUT2D eigenvalue weighted by molar-refractivity contribution is -0.119. The van der Waals surface area contributed by atoms with Crippen molar-refractivity contribution in [1.29, 1.82) is 0 Å². The highest BCUT2D eigenvalue weighted by Crippen LogP contribution is 2.55. The minimum atomic E-state index is -0.793. The molecule has 3 heterocycles. The molecule has 2 aromatic rings. The van der Waals surface area contributed by atoms with E-state index < -0.39 is 11.0 Å². The predicted molar refractivity (Wildman–Crippen MR) is 112 cm³/mol. The van der Waals surface area contributed by atoms with Gasteiger partial charge in [0.05, 0.1) is 28.8 Å². The number of carbonyl (C=O) groups excluding carboxylic acids is 3. The van der Waals surface area contributed by atoms with Crippen LogP contribution in [0.25, 0.3) is 0 Å². The van der Waals surface area contributed by atoms with Crippen LogP contribution in [0.15, 0.2) is 30.3 Å². The number of aryl methyl sites for hydroxylation is 1. The summed E-state index contributed by atoms with van der Waals surface area (Å²) in [5, 5.41) is 2.99. The van der Waals surface area contributed by atoms with Gasteiger partial charge in [-0.2, -0.15) is 0 Å². The average Bonchev–Trinajstić information content (AvgIpc) is 3.19. The molecule has 0 bridgehead atoms. The quantitative estimate of drug-likeness (QED) is 0.773. The molecule has 0 radical (unpaired) electrons. The van der Waals surface area contributed by atoms with Gasteiger partial charge >= 0.3 is 0 Å². The standard InChI is InChI=1S/C24H24N2O4/c1-12-10-16-13(2)24(5,30-19(16)17-18(12)25-22(29)23(17,3)4)11-26-20(27)14-8-6-7-9-15(14)21(26)28/h6-10,13H,11H2,1-5H3,(H,25,29)/t13-,24-/m0/s1. The monoisotopic (exact) mass is 404 g/mol. The maximum atomic E-state index is 12.9. The van der Waals surface area contributed by atoms with Crippen molar-refractivity contribution >= 4 is 23.4 Å². The Kier molecular flexibility index (Phi) is 3.59. The third kappa shape index (κ3) is 2.22. The third-order valence-electron chi connectivity index (χ3n) is 7.00. The van der Waals surface area contributed by atoms with E-state index in [0.717, 1.165) is 22.4 Å². The molecule has 3 aliphatic rings. The van der Waals surface area contributed by atoms with Gasteiger partial charge < -0.3 is 10.1 Å². The molecule has 0 spiro atoms. The summed E-state index contributed by atoms with van der Waals surface area (Å²) in [6.07, 6.45) is 0. The molecule has 0 saturated carbocycles. The predicted octanol–water partition coefficient (Wildman–Crippen LogP) is 3.78. The summed E-state index contributed by atoms with van der Waals surface area (Å²) in [5.74, 6) is 0.00130. The SMILES string of the molecule is Cc1cc2c(c3c1NC(=O)C3(C)C)O[C@@](C)(CN1C(=O)c3ccccc3C1=O)[C@H]2C. The smallest absolute Gasteiger partial charge is 0.261 e. The van der Waals surface area contributed by atoms with Gasteiger partial charge in [-0.1, -0.05) is 19.1 Å². The molecule has 6 heteroatoms. The van der Waals surface area contributed by atoms with E-state index in [4.69, 9.17) is 4.74 Å². The van der Waals surface area contributed by atoms with Crippen molar-refractivity contribution in [3.05, 3.63) is 58.1 Å². The van der Waals surface area contributed by atoms with Crippen LogP contribution in [-0.4, -0.2) is 34.8 Å². The van der Waals surface area contributed by atoms with E-state index in [1.54, 1.807) is 24.3 Å². The van der Waals surface area contributed by atoms with Gasteiger partial charge in [-0.25, -0.2) is 0 Å². The maximum absolute atomic E-state index is 12.9. The lowest BCUT2D eigenvalue weighted by Gasteiger charge is -2.32. The molecule has 0 aliphatic carbocycles. The number of rotatable bonds is 2. The van der Waals surface area contributed by atoms with E-state index in [9.17, 15) is 14.4 Å². The number of hydrogen-bond donors (Lipinski definition) is 1. The van der Waals surface area contributed by atoms with E-state index >= 15 is 0 Å². The molecule has 0 aromatic heterocycles. The van der Waals surface area contributed by atoms with Gasteiger partial charge in [-0.3, -0.25) is 19.3 Å². The van der Waals surface area contributed by atoms with Crippen molar-refractivity contribution in [3.63, 3.8) is 0 Å². The fourth-order valence-corrected chi connectivity index (χ4v) is 4.91. The van der Waals surface area contributed by atoms with Gasteiger partial charge in [0.2, 0.25) is 5.91 Å². The molecular weight excluding hydrogens is 380 g/mol. The Balaban J connectivity index is 1.55. The number of nitrogens with one attached hydrogen (secondary N) is 1. The molecule has 0 fully saturated rings. The summed E-state index contributed by atoms with van der Waals surface area (Å²) in [4.78, 5) is 39.7. The molecule has 5 rings (SSSR count). The van der Waals surface area contributed by atoms with Gasteiger partial charge in [-0.05, 0) is 51.5 Å². The van der Waals surface area contributed by atoms with Crippen LogP contribution in [0.2, 0.25) is 0 Å². The molecule has 2 aromatic carbocycles. The zero-order chi connectivity index (χ0) is 21.6. The Hall–Kier alpha value is -3.15. The van der Waals surface area contributed by atoms with Gasteiger partial charge in [0.25, 0.3) is 11.8 Å². The highest BCUT2D eigenvalue weighted by atomic mass is 16.5. The van der Waals surface area contributed by atoms with Gasteiger partial charge in [-0.15, -0.1) is 0 Å². The van der Waals surface area contributed by atoms with E-state index in [1.165, 1.54) is 4.90 Å². The second-order valence-corrected chi connectivity index (χ2v) is 9.32. The van der Waals surface area contributed by atoms with Crippen molar-refractivity contribution in [3.8, 4) is 5.75 Å². The average molecular weight is 404 g/mol. The first-order chi connectivity index (χ1) is 14.1. The van der Waals surface area contributed by atoms with Gasteiger partial charge in [0.1, 0.15) is 11.4 Å². The number of nitrogens with zero attached hydrogens (tertiary/aromatic N) is 1. The third-order valence-corrected chi connectivity index (χ3v) is 7.00. The Morgan fingerprint density at radius 1 is 1.07 bits per heavy atom. The van der Waals surface area contributed by atoms with E-state index in [-0.39, 0.29) is 30.2 Å². The summed E-state index contributed by atoms with van der Waals surface area (Å²) >= 11 is 0. The molecule has 1 N–H and O–H groups in total. The number of imide groups is 1. The summed E-state index contributed by atoms with van der Waals surface area (Å²) in [5.41, 5.74) is 3.02. The molecule has 30 heavy (non-hydrogen) atoms. The van der Waals surface area contributed by atoms with Crippen molar-refractivity contribution in [2.75, 3.05) is 11.9 Å². The largest absolute Gasteiger partial charge is 0.484 e. The normalized spacial score (nSPS) is 25.7. The van der Waals surface area contributed by atoms with Crippen LogP contribution in [0.1, 0.15) is 71.0 Å². The number of hydrogen-bond acceptors (Lipinski definition) is 4. The molecular formula is C24H24N2O4. The second-order valence-electron chi connectivity index (χ2n) is 9.32. The molecule has 0 unspecified atom stereocenters. The first-order valence-corrected chi connectivity index (χ1v) is 10.2. The maximum Gasteiger partial charge on any atom is 0.261 e. The summed E-state index contributed by atoms with van der Waals surface area (Å²) in [7, 11) is 0. The minimum absolute atomic E-state index is 0.0563. The first kappa shape index (κ1) is 18.9. The molecule has 0 saturated heterocycles. The zero-order valence-electron chi connectivity index (χ0n) is 17.8. The highest BCUT2D eigenvalue weighted by molar-refractivity contribution is 6.21. The van der Waals surface area contributed by atoms with Crippen LogP contribution >= 0.6 is 0 Å². The van der Waals surface area contributed by atoms with Crippen molar-refractivity contribution in [2.24, 2.45) is 0 Å². The summed E-state index contributed by atoms with van der Waals surface area (Å²) in [6.45, 7) is 9.88. The van der Waals surface area contributed by atoms with Crippen molar-refractivity contribution < 1.29 is 19.1 Å². The molecule has 3 amide bonds. The molecule has 3 aliphatic heterocycles. The number of benzene rings is 2. The van der Waals surface area contributed by atoms with Crippen LogP contribution < -0.4 is 10.1 Å². The van der Waals surface area contributed by atoms with Crippen LogP contribution in [0.5, 0.6) is 5.75 Å². The topological polar surface area (TPSA) is 75.7 Å². The molecule has 6 nitrogen and oxygen atoms in total. The van der Waals surface area contributed by atoms with Gasteiger partial charge in [0, 0.05) is 17.0 Å². The van der Waals surface area contributed by atoms with Crippen LogP contribution in [0.3, 0.4) is 0 Å². The summed E-state index contributed by atoms with van der Waals surface area (Å²) < 4.78 is 6.51. The number of amides is 3. The Morgan fingerprint density at radius 2 is 1.67 bits per heavy atom. The van der Waals surface area contributed by atoms with Crippen molar-refractivity contribution in [2.45, 2.75) is 51.6 Å². The molecule has 154 valence electrons. The minimum Gasteiger partial charge on any atom is -0.484 e. The zero-order valence-corrected chi connectivity index (χ0v) is 17.8.